The highest BCUT2D eigenvalue weighted by molar-refractivity contribution is 5.93. The minimum absolute atomic E-state index is 0.0570. The Hall–Kier alpha value is -1.58. The summed E-state index contributed by atoms with van der Waals surface area (Å²) in [6.45, 7) is 10.6. The Morgan fingerprint density at radius 2 is 2.04 bits per heavy atom. The van der Waals surface area contributed by atoms with Gasteiger partial charge in [0.2, 0.25) is 0 Å². The van der Waals surface area contributed by atoms with Gasteiger partial charge in [0.1, 0.15) is 12.7 Å². The van der Waals surface area contributed by atoms with Gasteiger partial charge in [0.25, 0.3) is 0 Å². The van der Waals surface area contributed by atoms with Crippen molar-refractivity contribution in [2.24, 2.45) is 29.6 Å². The second-order valence-corrected chi connectivity index (χ2v) is 8.74. The maximum absolute atomic E-state index is 12.6. The van der Waals surface area contributed by atoms with E-state index in [2.05, 4.69) is 33.8 Å². The predicted molar refractivity (Wildman–Crippen MR) is 100 cm³/mol. The fourth-order valence-corrected chi connectivity index (χ4v) is 5.00. The first-order valence-electron chi connectivity index (χ1n) is 10.00. The quantitative estimate of drug-likeness (QED) is 0.537. The Kier molecular flexibility index (Phi) is 5.59. The van der Waals surface area contributed by atoms with Crippen LogP contribution in [-0.4, -0.2) is 24.6 Å². The molecule has 1 aliphatic heterocycles. The van der Waals surface area contributed by atoms with Crippen molar-refractivity contribution < 1.29 is 19.1 Å². The van der Waals surface area contributed by atoms with Crippen LogP contribution in [0.15, 0.2) is 22.8 Å². The molecule has 6 atom stereocenters. The molecule has 0 amide bonds. The molecule has 0 radical (unpaired) electrons. The molecule has 1 heterocycles. The molecule has 1 fully saturated rings. The van der Waals surface area contributed by atoms with Crippen molar-refractivity contribution in [3.63, 3.8) is 0 Å². The summed E-state index contributed by atoms with van der Waals surface area (Å²) in [5.41, 5.74) is 3.34. The molecule has 0 aromatic carbocycles. The zero-order valence-electron chi connectivity index (χ0n) is 16.7. The van der Waals surface area contributed by atoms with Gasteiger partial charge < -0.3 is 9.47 Å². The summed E-state index contributed by atoms with van der Waals surface area (Å²) in [5, 5.41) is 0. The van der Waals surface area contributed by atoms with Gasteiger partial charge in [-0.05, 0) is 68.8 Å². The molecule has 1 saturated carbocycles. The SMILES string of the molecule is CC(=O)O[C@@H]1C[C@@H](C)[C@@H]2C[C@@H]2C2=C(C(=O)OC2)[C@@H]1[C@H](C)CCC=C(C)C. The average molecular weight is 360 g/mol. The van der Waals surface area contributed by atoms with E-state index in [1.807, 2.05) is 0 Å². The van der Waals surface area contributed by atoms with Gasteiger partial charge in [0, 0.05) is 18.4 Å². The average Bonchev–Trinajstić information content (AvgIpc) is 3.24. The highest BCUT2D eigenvalue weighted by Gasteiger charge is 2.52. The standard InChI is InChI=1S/C22H32O4/c1-12(2)7-6-8-13(3)20-19(26-15(5)23)9-14(4)16-10-17(16)18-11-25-22(24)21(18)20/h7,13-14,16-17,19-20H,6,8-11H2,1-5H3/t13-,14-,16+,17+,19-,20-/m1/s1. The van der Waals surface area contributed by atoms with Crippen LogP contribution >= 0.6 is 0 Å². The Morgan fingerprint density at radius 1 is 1.31 bits per heavy atom. The second kappa shape index (κ2) is 7.58. The molecule has 3 rings (SSSR count). The molecule has 0 saturated heterocycles. The van der Waals surface area contributed by atoms with Gasteiger partial charge in [-0.3, -0.25) is 4.79 Å². The third kappa shape index (κ3) is 3.89. The number of hydrogen-bond acceptors (Lipinski definition) is 4. The van der Waals surface area contributed by atoms with Gasteiger partial charge in [-0.1, -0.05) is 25.5 Å². The van der Waals surface area contributed by atoms with Crippen LogP contribution in [0.5, 0.6) is 0 Å². The van der Waals surface area contributed by atoms with Crippen molar-refractivity contribution in [2.75, 3.05) is 6.61 Å². The highest BCUT2D eigenvalue weighted by Crippen LogP contribution is 2.56. The zero-order valence-corrected chi connectivity index (χ0v) is 16.7. The van der Waals surface area contributed by atoms with Crippen LogP contribution in [-0.2, 0) is 19.1 Å². The molecule has 0 unspecified atom stereocenters. The van der Waals surface area contributed by atoms with E-state index in [1.54, 1.807) is 0 Å². The molecule has 4 nitrogen and oxygen atoms in total. The van der Waals surface area contributed by atoms with Gasteiger partial charge >= 0.3 is 11.9 Å². The lowest BCUT2D eigenvalue weighted by Crippen LogP contribution is -2.37. The first-order chi connectivity index (χ1) is 12.3. The number of carbonyl (C=O) groups is 2. The van der Waals surface area contributed by atoms with E-state index in [0.29, 0.717) is 24.4 Å². The van der Waals surface area contributed by atoms with E-state index in [0.717, 1.165) is 31.3 Å². The molecule has 4 heteroatoms. The van der Waals surface area contributed by atoms with E-state index < -0.39 is 0 Å². The predicted octanol–water partition coefficient (Wildman–Crippen LogP) is 4.45. The minimum Gasteiger partial charge on any atom is -0.462 e. The third-order valence-corrected chi connectivity index (χ3v) is 6.39. The first-order valence-corrected chi connectivity index (χ1v) is 10.00. The minimum atomic E-state index is -0.259. The summed E-state index contributed by atoms with van der Waals surface area (Å²) < 4.78 is 11.2. The van der Waals surface area contributed by atoms with Gasteiger partial charge in [-0.2, -0.15) is 0 Å². The summed E-state index contributed by atoms with van der Waals surface area (Å²) >= 11 is 0. The number of carbonyl (C=O) groups excluding carboxylic acids is 2. The first kappa shape index (κ1) is 19.2. The molecule has 0 aromatic rings. The molecule has 0 spiro atoms. The lowest BCUT2D eigenvalue weighted by atomic mass is 9.73. The van der Waals surface area contributed by atoms with Gasteiger partial charge in [0.15, 0.2) is 0 Å². The number of ether oxygens (including phenoxy) is 2. The fourth-order valence-electron chi connectivity index (χ4n) is 5.00. The monoisotopic (exact) mass is 360 g/mol. The van der Waals surface area contributed by atoms with Crippen LogP contribution in [0.2, 0.25) is 0 Å². The highest BCUT2D eigenvalue weighted by atomic mass is 16.5. The van der Waals surface area contributed by atoms with Crippen LogP contribution in [0.1, 0.15) is 60.3 Å². The molecular formula is C22H32O4. The largest absolute Gasteiger partial charge is 0.462 e. The second-order valence-electron chi connectivity index (χ2n) is 8.74. The Bertz CT molecular complexity index is 641. The van der Waals surface area contributed by atoms with Gasteiger partial charge in [-0.25, -0.2) is 4.79 Å². The van der Waals surface area contributed by atoms with Gasteiger partial charge in [-0.15, -0.1) is 0 Å². The van der Waals surface area contributed by atoms with Crippen LogP contribution < -0.4 is 0 Å². The Labute approximate surface area is 157 Å². The van der Waals surface area contributed by atoms with Crippen molar-refractivity contribution in [1.29, 1.82) is 0 Å². The normalized spacial score (nSPS) is 34.0. The summed E-state index contributed by atoms with van der Waals surface area (Å²) in [6.07, 6.45) is 5.93. The summed E-state index contributed by atoms with van der Waals surface area (Å²) in [5.74, 6) is 1.36. The fraction of sp³-hybridized carbons (Fsp3) is 0.727. The molecule has 26 heavy (non-hydrogen) atoms. The molecule has 0 N–H and O–H groups in total. The summed E-state index contributed by atoms with van der Waals surface area (Å²) in [7, 11) is 0. The van der Waals surface area contributed by atoms with E-state index in [9.17, 15) is 9.59 Å². The number of rotatable bonds is 5. The van der Waals surface area contributed by atoms with E-state index in [1.165, 1.54) is 18.1 Å². The smallest absolute Gasteiger partial charge is 0.334 e. The summed E-state index contributed by atoms with van der Waals surface area (Å²) in [6, 6.07) is 0. The van der Waals surface area contributed by atoms with E-state index in [4.69, 9.17) is 9.47 Å². The van der Waals surface area contributed by atoms with Gasteiger partial charge in [0.05, 0.1) is 0 Å². The molecule has 144 valence electrons. The van der Waals surface area contributed by atoms with Crippen LogP contribution in [0, 0.1) is 29.6 Å². The third-order valence-electron chi connectivity index (χ3n) is 6.39. The van der Waals surface area contributed by atoms with Crippen LogP contribution in [0.25, 0.3) is 0 Å². The van der Waals surface area contributed by atoms with Crippen molar-refractivity contribution in [1.82, 2.24) is 0 Å². The van der Waals surface area contributed by atoms with Crippen molar-refractivity contribution in [3.8, 4) is 0 Å². The topological polar surface area (TPSA) is 52.6 Å². The summed E-state index contributed by atoms with van der Waals surface area (Å²) in [4.78, 5) is 24.4. The van der Waals surface area contributed by atoms with Crippen LogP contribution in [0.3, 0.4) is 0 Å². The molecule has 3 aliphatic rings. The number of fused-ring (bicyclic) bond motifs is 2. The number of hydrogen-bond donors (Lipinski definition) is 0. The number of allylic oxidation sites excluding steroid dienone is 2. The Morgan fingerprint density at radius 3 is 2.69 bits per heavy atom. The molecule has 0 aromatic heterocycles. The number of cyclic esters (lactones) is 1. The Balaban J connectivity index is 1.94. The van der Waals surface area contributed by atoms with Crippen LogP contribution in [0.4, 0.5) is 0 Å². The number of esters is 2. The van der Waals surface area contributed by atoms with Crippen molar-refractivity contribution >= 4 is 11.9 Å². The van der Waals surface area contributed by atoms with Crippen molar-refractivity contribution in [3.05, 3.63) is 22.8 Å². The molecule has 2 aliphatic carbocycles. The van der Waals surface area contributed by atoms with E-state index in [-0.39, 0.29) is 29.9 Å². The molecular weight excluding hydrogens is 328 g/mol. The van der Waals surface area contributed by atoms with E-state index >= 15 is 0 Å². The lowest BCUT2D eigenvalue weighted by Gasteiger charge is -2.35. The molecule has 0 bridgehead atoms. The maximum Gasteiger partial charge on any atom is 0.334 e. The zero-order chi connectivity index (χ0) is 19.0. The lowest BCUT2D eigenvalue weighted by molar-refractivity contribution is -0.152. The maximum atomic E-state index is 12.6. The van der Waals surface area contributed by atoms with Crippen molar-refractivity contribution in [2.45, 2.75) is 66.4 Å².